The molecule has 3 heterocycles. The summed E-state index contributed by atoms with van der Waals surface area (Å²) in [5, 5.41) is 0. The summed E-state index contributed by atoms with van der Waals surface area (Å²) in [4.78, 5) is 29.6. The zero-order valence-electron chi connectivity index (χ0n) is 18.1. The lowest BCUT2D eigenvalue weighted by Gasteiger charge is -2.32. The monoisotopic (exact) mass is 433 g/mol. The summed E-state index contributed by atoms with van der Waals surface area (Å²) in [6.45, 7) is 8.32. The van der Waals surface area contributed by atoms with Crippen LogP contribution in [0.5, 0.6) is 0 Å². The number of nitrogens with zero attached hydrogens (tertiary/aromatic N) is 3. The first kappa shape index (κ1) is 21.3. The van der Waals surface area contributed by atoms with Crippen LogP contribution in [0.15, 0.2) is 23.1 Å². The molecule has 0 aromatic heterocycles. The first-order valence-electron chi connectivity index (χ1n) is 10.9. The minimum atomic E-state index is -3.56. The molecular formula is C22H31N3O4S. The number of anilines is 1. The lowest BCUT2D eigenvalue weighted by Crippen LogP contribution is -2.46. The van der Waals surface area contributed by atoms with Gasteiger partial charge in [0.1, 0.15) is 6.54 Å². The van der Waals surface area contributed by atoms with E-state index in [9.17, 15) is 18.0 Å². The summed E-state index contributed by atoms with van der Waals surface area (Å²) in [6, 6.07) is 4.89. The molecule has 2 fully saturated rings. The molecule has 1 aromatic rings. The van der Waals surface area contributed by atoms with Gasteiger partial charge in [-0.25, -0.2) is 8.42 Å². The molecular weight excluding hydrogens is 402 g/mol. The zero-order valence-corrected chi connectivity index (χ0v) is 18.9. The standard InChI is InChI=1S/C22H31N3O4S/c1-16-8-12-23(13-9-16)20(26)15-25-19-7-6-17(14-18(19)22(2,3)21(25)27)30(28,29)24-10-4-5-11-24/h6-7,14,16H,4-5,8-13,15H2,1-3H3. The molecule has 164 valence electrons. The highest BCUT2D eigenvalue weighted by Gasteiger charge is 2.45. The molecule has 2 amide bonds. The number of fused-ring (bicyclic) bond motifs is 1. The van der Waals surface area contributed by atoms with Crippen molar-refractivity contribution in [1.82, 2.24) is 9.21 Å². The van der Waals surface area contributed by atoms with Gasteiger partial charge in [0.25, 0.3) is 0 Å². The maximum atomic E-state index is 13.2. The first-order valence-corrected chi connectivity index (χ1v) is 12.3. The van der Waals surface area contributed by atoms with E-state index in [2.05, 4.69) is 6.92 Å². The van der Waals surface area contributed by atoms with Crippen molar-refractivity contribution < 1.29 is 18.0 Å². The van der Waals surface area contributed by atoms with Crippen LogP contribution in [0.1, 0.15) is 52.0 Å². The molecule has 0 unspecified atom stereocenters. The number of rotatable bonds is 4. The molecule has 8 heteroatoms. The van der Waals surface area contributed by atoms with Gasteiger partial charge >= 0.3 is 0 Å². The Morgan fingerprint density at radius 3 is 2.37 bits per heavy atom. The molecule has 3 aliphatic rings. The van der Waals surface area contributed by atoms with Gasteiger partial charge in [-0.2, -0.15) is 4.31 Å². The Balaban J connectivity index is 1.61. The van der Waals surface area contributed by atoms with Crippen LogP contribution in [0, 0.1) is 5.92 Å². The van der Waals surface area contributed by atoms with Gasteiger partial charge in [-0.1, -0.05) is 6.92 Å². The van der Waals surface area contributed by atoms with Crippen molar-refractivity contribution in [2.75, 3.05) is 37.6 Å². The number of benzene rings is 1. The van der Waals surface area contributed by atoms with Crippen molar-refractivity contribution in [2.45, 2.75) is 56.8 Å². The van der Waals surface area contributed by atoms with Gasteiger partial charge in [0, 0.05) is 31.9 Å². The number of carbonyl (C=O) groups is 2. The zero-order chi connectivity index (χ0) is 21.7. The Kier molecular flexibility index (Phi) is 5.43. The fourth-order valence-electron chi connectivity index (χ4n) is 4.70. The fourth-order valence-corrected chi connectivity index (χ4v) is 6.25. The number of likely N-dealkylation sites (tertiary alicyclic amines) is 1. The average molecular weight is 434 g/mol. The molecule has 0 atom stereocenters. The second kappa shape index (κ2) is 7.64. The van der Waals surface area contributed by atoms with Crippen LogP contribution in [-0.4, -0.2) is 62.2 Å². The normalized spacial score (nSPS) is 22.6. The molecule has 0 bridgehead atoms. The molecule has 3 aliphatic heterocycles. The molecule has 0 N–H and O–H groups in total. The Labute approximate surface area is 179 Å². The third kappa shape index (κ3) is 3.54. The summed E-state index contributed by atoms with van der Waals surface area (Å²) in [6.07, 6.45) is 3.72. The molecule has 7 nitrogen and oxygen atoms in total. The number of hydrogen-bond donors (Lipinski definition) is 0. The van der Waals surface area contributed by atoms with E-state index < -0.39 is 15.4 Å². The van der Waals surface area contributed by atoms with E-state index in [-0.39, 0.29) is 23.3 Å². The van der Waals surface area contributed by atoms with E-state index in [1.165, 1.54) is 9.21 Å². The molecule has 0 saturated carbocycles. The van der Waals surface area contributed by atoms with Crippen LogP contribution in [0.4, 0.5) is 5.69 Å². The molecule has 0 spiro atoms. The van der Waals surface area contributed by atoms with E-state index in [0.717, 1.165) is 38.8 Å². The first-order chi connectivity index (χ1) is 14.1. The molecule has 2 saturated heterocycles. The van der Waals surface area contributed by atoms with E-state index >= 15 is 0 Å². The Morgan fingerprint density at radius 1 is 1.10 bits per heavy atom. The van der Waals surface area contributed by atoms with Gasteiger partial charge in [0.05, 0.1) is 10.3 Å². The predicted molar refractivity (Wildman–Crippen MR) is 115 cm³/mol. The maximum Gasteiger partial charge on any atom is 0.243 e. The summed E-state index contributed by atoms with van der Waals surface area (Å²) in [5.74, 6) is 0.415. The summed E-state index contributed by atoms with van der Waals surface area (Å²) in [5.41, 5.74) is 0.444. The highest BCUT2D eigenvalue weighted by molar-refractivity contribution is 7.89. The highest BCUT2D eigenvalue weighted by atomic mass is 32.2. The summed E-state index contributed by atoms with van der Waals surface area (Å²) < 4.78 is 27.5. The van der Waals surface area contributed by atoms with Crippen molar-refractivity contribution in [1.29, 1.82) is 0 Å². The van der Waals surface area contributed by atoms with Crippen molar-refractivity contribution in [3.8, 4) is 0 Å². The predicted octanol–water partition coefficient (Wildman–Crippen LogP) is 2.35. The number of sulfonamides is 1. The molecule has 30 heavy (non-hydrogen) atoms. The Hall–Kier alpha value is -1.93. The third-order valence-electron chi connectivity index (χ3n) is 6.84. The van der Waals surface area contributed by atoms with Crippen LogP contribution in [0.3, 0.4) is 0 Å². The lowest BCUT2D eigenvalue weighted by atomic mass is 9.86. The van der Waals surface area contributed by atoms with Gasteiger partial charge in [0.15, 0.2) is 0 Å². The van der Waals surface area contributed by atoms with E-state index in [0.29, 0.717) is 30.3 Å². The Morgan fingerprint density at radius 2 is 1.73 bits per heavy atom. The quantitative estimate of drug-likeness (QED) is 0.730. The number of piperidine rings is 1. The van der Waals surface area contributed by atoms with Crippen molar-refractivity contribution >= 4 is 27.5 Å². The third-order valence-corrected chi connectivity index (χ3v) is 8.74. The Bertz CT molecular complexity index is 959. The fraction of sp³-hybridized carbons (Fsp3) is 0.636. The van der Waals surface area contributed by atoms with Crippen molar-refractivity contribution in [2.24, 2.45) is 5.92 Å². The minimum absolute atomic E-state index is 0.00185. The second-order valence-corrected chi connectivity index (χ2v) is 11.3. The second-order valence-electron chi connectivity index (χ2n) is 9.37. The summed E-state index contributed by atoms with van der Waals surface area (Å²) >= 11 is 0. The number of amides is 2. The van der Waals surface area contributed by atoms with Crippen LogP contribution in [0.2, 0.25) is 0 Å². The van der Waals surface area contributed by atoms with Gasteiger partial charge in [-0.15, -0.1) is 0 Å². The van der Waals surface area contributed by atoms with E-state index in [1.807, 2.05) is 4.90 Å². The maximum absolute atomic E-state index is 13.2. The topological polar surface area (TPSA) is 78.0 Å². The van der Waals surface area contributed by atoms with Crippen LogP contribution in [-0.2, 0) is 25.0 Å². The van der Waals surface area contributed by atoms with Gasteiger partial charge < -0.3 is 9.80 Å². The lowest BCUT2D eigenvalue weighted by molar-refractivity contribution is -0.133. The number of hydrogen-bond acceptors (Lipinski definition) is 4. The van der Waals surface area contributed by atoms with Crippen molar-refractivity contribution in [3.63, 3.8) is 0 Å². The van der Waals surface area contributed by atoms with Crippen molar-refractivity contribution in [3.05, 3.63) is 23.8 Å². The van der Waals surface area contributed by atoms with Gasteiger partial charge in [-0.05, 0) is 69.2 Å². The molecule has 0 radical (unpaired) electrons. The minimum Gasteiger partial charge on any atom is -0.341 e. The van der Waals surface area contributed by atoms with Gasteiger partial charge in [0.2, 0.25) is 21.8 Å². The largest absolute Gasteiger partial charge is 0.341 e. The molecule has 0 aliphatic carbocycles. The van der Waals surface area contributed by atoms with Gasteiger partial charge in [-0.3, -0.25) is 9.59 Å². The smallest absolute Gasteiger partial charge is 0.243 e. The SMILES string of the molecule is CC1CCN(C(=O)CN2C(=O)C(C)(C)c3cc(S(=O)(=O)N4CCCC4)ccc32)CC1. The molecule has 4 rings (SSSR count). The van der Waals surface area contributed by atoms with E-state index in [1.54, 1.807) is 32.0 Å². The highest BCUT2D eigenvalue weighted by Crippen LogP contribution is 2.43. The van der Waals surface area contributed by atoms with E-state index in [4.69, 9.17) is 0 Å². The average Bonchev–Trinajstić information content (AvgIpc) is 3.32. The van der Waals surface area contributed by atoms with Crippen LogP contribution in [0.25, 0.3) is 0 Å². The molecule has 1 aromatic carbocycles. The number of carbonyl (C=O) groups excluding carboxylic acids is 2. The van der Waals surface area contributed by atoms with Crippen LogP contribution >= 0.6 is 0 Å². The summed E-state index contributed by atoms with van der Waals surface area (Å²) in [7, 11) is -3.56. The van der Waals surface area contributed by atoms with Crippen LogP contribution < -0.4 is 4.90 Å².